The van der Waals surface area contributed by atoms with Gasteiger partial charge in [-0.1, -0.05) is 30.3 Å². The molecule has 0 radical (unpaired) electrons. The van der Waals surface area contributed by atoms with E-state index >= 15 is 0 Å². The van der Waals surface area contributed by atoms with Gasteiger partial charge in [-0.05, 0) is 85.4 Å². The number of nitrogens with one attached hydrogen (secondary N) is 1. The molecule has 3 aromatic carbocycles. The van der Waals surface area contributed by atoms with Gasteiger partial charge in [0.05, 0.1) is 10.5 Å². The number of hydrogen-bond acceptors (Lipinski definition) is 5. The van der Waals surface area contributed by atoms with E-state index in [0.29, 0.717) is 29.1 Å². The quantitative estimate of drug-likeness (QED) is 0.293. The van der Waals surface area contributed by atoms with Crippen molar-refractivity contribution in [1.29, 1.82) is 0 Å². The normalized spacial score (nSPS) is 26.2. The van der Waals surface area contributed by atoms with Gasteiger partial charge in [-0.2, -0.15) is 0 Å². The van der Waals surface area contributed by atoms with Gasteiger partial charge in [0.15, 0.2) is 0 Å². The molecule has 1 atom stereocenters. The van der Waals surface area contributed by atoms with Crippen molar-refractivity contribution in [1.82, 2.24) is 5.32 Å². The Hall–Kier alpha value is -3.94. The number of hydrogen-bond donors (Lipinski definition) is 2. The second-order valence-corrected chi connectivity index (χ2v) is 11.4. The van der Waals surface area contributed by atoms with E-state index in [9.17, 15) is 24.8 Å². The van der Waals surface area contributed by atoms with E-state index in [0.717, 1.165) is 30.0 Å². The van der Waals surface area contributed by atoms with E-state index < -0.39 is 28.3 Å². The summed E-state index contributed by atoms with van der Waals surface area (Å²) in [5, 5.41) is 25.8. The summed E-state index contributed by atoms with van der Waals surface area (Å²) in [5.74, 6) is 0.601. The van der Waals surface area contributed by atoms with Crippen molar-refractivity contribution < 1.29 is 24.4 Å². The van der Waals surface area contributed by atoms with Crippen LogP contribution in [-0.4, -0.2) is 27.9 Å². The van der Waals surface area contributed by atoms with Gasteiger partial charge >= 0.3 is 5.97 Å². The third-order valence-corrected chi connectivity index (χ3v) is 8.87. The average molecular weight is 515 g/mol. The SMILES string of the molecule is O=C(NC(C(=O)O)C12CC3CC(CC(C3)C1)C2)c1ccc2ccccc2c1OCc1ccc([N+](=O)[O-])cc1. The van der Waals surface area contributed by atoms with Gasteiger partial charge in [-0.25, -0.2) is 4.79 Å². The molecule has 8 heteroatoms. The van der Waals surface area contributed by atoms with Crippen molar-refractivity contribution in [2.24, 2.45) is 23.2 Å². The lowest BCUT2D eigenvalue weighted by atomic mass is 9.47. The number of carboxylic acids is 1. The van der Waals surface area contributed by atoms with Crippen molar-refractivity contribution in [2.45, 2.75) is 51.2 Å². The molecule has 4 saturated carbocycles. The number of nitro groups is 1. The van der Waals surface area contributed by atoms with Crippen LogP contribution in [0.15, 0.2) is 60.7 Å². The molecular weight excluding hydrogens is 484 g/mol. The standard InChI is InChI=1S/C30H30N2O6/c33-28(31-27(29(34)35)30-14-19-11-20(15-30)13-21(12-19)16-30)25-10-7-22-3-1-2-4-24(22)26(25)38-17-18-5-8-23(9-6-18)32(36)37/h1-10,19-21,27H,11-17H2,(H,31,33)(H,34,35). The number of amides is 1. The lowest BCUT2D eigenvalue weighted by molar-refractivity contribution is -0.384. The molecule has 196 valence electrons. The summed E-state index contributed by atoms with van der Waals surface area (Å²) in [4.78, 5) is 36.8. The van der Waals surface area contributed by atoms with E-state index in [2.05, 4.69) is 5.32 Å². The number of ether oxygens (including phenoxy) is 1. The fourth-order valence-corrected chi connectivity index (χ4v) is 7.66. The maximum atomic E-state index is 13.7. The van der Waals surface area contributed by atoms with Crippen LogP contribution in [0.1, 0.15) is 54.4 Å². The number of carbonyl (C=O) groups excluding carboxylic acids is 1. The summed E-state index contributed by atoms with van der Waals surface area (Å²) in [6.07, 6.45) is 6.13. The predicted octanol–water partition coefficient (Wildman–Crippen LogP) is 5.73. The van der Waals surface area contributed by atoms with Crippen molar-refractivity contribution in [3.63, 3.8) is 0 Å². The minimum atomic E-state index is -0.977. The first-order chi connectivity index (χ1) is 18.3. The van der Waals surface area contributed by atoms with E-state index in [1.54, 1.807) is 18.2 Å². The molecule has 0 aliphatic heterocycles. The monoisotopic (exact) mass is 514 g/mol. The van der Waals surface area contributed by atoms with Gasteiger partial charge in [0.25, 0.3) is 11.6 Å². The minimum Gasteiger partial charge on any atom is -0.487 e. The first-order valence-electron chi connectivity index (χ1n) is 13.2. The molecule has 4 fully saturated rings. The Labute approximate surface area is 220 Å². The highest BCUT2D eigenvalue weighted by Gasteiger charge is 2.56. The number of nitro benzene ring substituents is 1. The third kappa shape index (κ3) is 4.38. The number of non-ortho nitro benzene ring substituents is 1. The molecule has 2 N–H and O–H groups in total. The Morgan fingerprint density at radius 1 is 0.974 bits per heavy atom. The molecule has 0 spiro atoms. The van der Waals surface area contributed by atoms with E-state index in [-0.39, 0.29) is 17.9 Å². The van der Waals surface area contributed by atoms with Crippen LogP contribution in [0, 0.1) is 33.3 Å². The highest BCUT2D eigenvalue weighted by atomic mass is 16.6. The van der Waals surface area contributed by atoms with Crippen LogP contribution < -0.4 is 10.1 Å². The van der Waals surface area contributed by atoms with Crippen LogP contribution in [0.4, 0.5) is 5.69 Å². The summed E-state index contributed by atoms with van der Waals surface area (Å²) in [5.41, 5.74) is 0.587. The molecule has 1 unspecified atom stereocenters. The zero-order chi connectivity index (χ0) is 26.4. The molecule has 0 heterocycles. The number of carboxylic acid groups (broad SMARTS) is 1. The summed E-state index contributed by atoms with van der Waals surface area (Å²) in [6, 6.07) is 16.2. The topological polar surface area (TPSA) is 119 Å². The van der Waals surface area contributed by atoms with Crippen LogP contribution >= 0.6 is 0 Å². The summed E-state index contributed by atoms with van der Waals surface area (Å²) in [7, 11) is 0. The zero-order valence-electron chi connectivity index (χ0n) is 21.0. The number of fused-ring (bicyclic) bond motifs is 1. The van der Waals surface area contributed by atoms with Crippen molar-refractivity contribution in [2.75, 3.05) is 0 Å². The lowest BCUT2D eigenvalue weighted by Crippen LogP contribution is -2.59. The number of carbonyl (C=O) groups is 2. The molecule has 0 saturated heterocycles. The Morgan fingerprint density at radius 2 is 1.61 bits per heavy atom. The van der Waals surface area contributed by atoms with Crippen LogP contribution in [0.2, 0.25) is 0 Å². The second-order valence-electron chi connectivity index (χ2n) is 11.4. The van der Waals surface area contributed by atoms with Gasteiger partial charge < -0.3 is 15.2 Å². The smallest absolute Gasteiger partial charge is 0.326 e. The molecule has 3 aromatic rings. The highest BCUT2D eigenvalue weighted by molar-refractivity contribution is 6.05. The minimum absolute atomic E-state index is 0.0108. The molecule has 7 rings (SSSR count). The third-order valence-electron chi connectivity index (χ3n) is 8.87. The number of rotatable bonds is 8. The maximum Gasteiger partial charge on any atom is 0.326 e. The Balaban J connectivity index is 1.29. The molecular formula is C30H30N2O6. The second kappa shape index (κ2) is 9.42. The van der Waals surface area contributed by atoms with Gasteiger partial charge in [-0.15, -0.1) is 0 Å². The molecule has 38 heavy (non-hydrogen) atoms. The fourth-order valence-electron chi connectivity index (χ4n) is 7.66. The highest BCUT2D eigenvalue weighted by Crippen LogP contribution is 2.61. The van der Waals surface area contributed by atoms with Gasteiger partial charge in [0, 0.05) is 22.9 Å². The summed E-state index contributed by atoms with van der Waals surface area (Å²) in [6.45, 7) is 0.101. The fraction of sp³-hybridized carbons (Fsp3) is 0.400. The van der Waals surface area contributed by atoms with Gasteiger partial charge in [-0.3, -0.25) is 14.9 Å². The number of nitrogens with zero attached hydrogens (tertiary/aromatic N) is 1. The summed E-state index contributed by atoms with van der Waals surface area (Å²) >= 11 is 0. The molecule has 8 nitrogen and oxygen atoms in total. The van der Waals surface area contributed by atoms with Crippen LogP contribution in [-0.2, 0) is 11.4 Å². The van der Waals surface area contributed by atoms with Crippen molar-refractivity contribution >= 4 is 28.3 Å². The van der Waals surface area contributed by atoms with E-state index in [1.807, 2.05) is 30.3 Å². The predicted molar refractivity (Wildman–Crippen MR) is 141 cm³/mol. The molecule has 1 amide bonds. The largest absolute Gasteiger partial charge is 0.487 e. The molecule has 4 bridgehead atoms. The van der Waals surface area contributed by atoms with Crippen LogP contribution in [0.3, 0.4) is 0 Å². The lowest BCUT2D eigenvalue weighted by Gasteiger charge is -2.58. The zero-order valence-corrected chi connectivity index (χ0v) is 21.0. The van der Waals surface area contributed by atoms with Crippen molar-refractivity contribution in [3.8, 4) is 5.75 Å². The van der Waals surface area contributed by atoms with Gasteiger partial charge in [0.2, 0.25) is 0 Å². The molecule has 4 aliphatic rings. The Morgan fingerprint density at radius 3 is 2.21 bits per heavy atom. The average Bonchev–Trinajstić information content (AvgIpc) is 2.89. The van der Waals surface area contributed by atoms with E-state index in [4.69, 9.17) is 4.74 Å². The Kier molecular flexibility index (Phi) is 6.05. The molecule has 0 aromatic heterocycles. The maximum absolute atomic E-state index is 13.7. The summed E-state index contributed by atoms with van der Waals surface area (Å²) < 4.78 is 6.17. The van der Waals surface area contributed by atoms with Crippen molar-refractivity contribution in [3.05, 3.63) is 81.9 Å². The first kappa shape index (κ1) is 24.4. The van der Waals surface area contributed by atoms with E-state index in [1.165, 1.54) is 31.4 Å². The molecule has 4 aliphatic carbocycles. The first-order valence-corrected chi connectivity index (χ1v) is 13.2. The van der Waals surface area contributed by atoms with Crippen LogP contribution in [0.25, 0.3) is 10.8 Å². The number of aliphatic carboxylic acids is 1. The van der Waals surface area contributed by atoms with Gasteiger partial charge in [0.1, 0.15) is 18.4 Å². The Bertz CT molecular complexity index is 1380. The van der Waals surface area contributed by atoms with Crippen LogP contribution in [0.5, 0.6) is 5.75 Å². The number of benzene rings is 3.